The van der Waals surface area contributed by atoms with Crippen LogP contribution in [-0.2, 0) is 10.4 Å². The van der Waals surface area contributed by atoms with Crippen LogP contribution >= 0.6 is 46.1 Å². The first-order valence-electron chi connectivity index (χ1n) is 9.92. The quantitative estimate of drug-likeness (QED) is 0.440. The standard InChI is InChI=1S/C21H18Cl3F3N2O3S/c1-10-5-15(33-17(10)18(31)28-19(9-30)3-2-4-19)14-8-20(32-29-14,21(25,26)27)11-6-12(22)16(24)13(23)7-11/h5-7,30H,2-4,8-9H2,1H3,(H,28,31). The van der Waals surface area contributed by atoms with E-state index < -0.39 is 23.7 Å². The van der Waals surface area contributed by atoms with E-state index in [1.54, 1.807) is 13.0 Å². The van der Waals surface area contributed by atoms with Gasteiger partial charge in [0.2, 0.25) is 0 Å². The molecule has 1 aromatic carbocycles. The Kier molecular flexibility index (Phi) is 6.42. The number of thiophene rings is 1. The molecule has 2 N–H and O–H groups in total. The van der Waals surface area contributed by atoms with Crippen molar-refractivity contribution in [2.75, 3.05) is 6.61 Å². The summed E-state index contributed by atoms with van der Waals surface area (Å²) in [5.41, 5.74) is -3.13. The number of aliphatic hydroxyl groups is 1. The normalized spacial score (nSPS) is 21.9. The maximum atomic E-state index is 14.2. The summed E-state index contributed by atoms with van der Waals surface area (Å²) in [7, 11) is 0. The van der Waals surface area contributed by atoms with Crippen molar-refractivity contribution in [1.82, 2.24) is 5.32 Å². The Balaban J connectivity index is 1.63. The number of nitrogens with zero attached hydrogens (tertiary/aromatic N) is 1. The number of hydrogen-bond donors (Lipinski definition) is 2. The lowest BCUT2D eigenvalue weighted by Crippen LogP contribution is -2.56. The zero-order valence-corrected chi connectivity index (χ0v) is 20.2. The van der Waals surface area contributed by atoms with Crippen LogP contribution in [0.5, 0.6) is 0 Å². The second kappa shape index (κ2) is 8.61. The molecule has 1 aliphatic carbocycles. The second-order valence-corrected chi connectivity index (χ2v) is 10.5. The Labute approximate surface area is 206 Å². The molecule has 1 amide bonds. The number of carbonyl (C=O) groups is 1. The number of amides is 1. The monoisotopic (exact) mass is 540 g/mol. The Morgan fingerprint density at radius 1 is 1.24 bits per heavy atom. The first-order valence-corrected chi connectivity index (χ1v) is 11.9. The summed E-state index contributed by atoms with van der Waals surface area (Å²) in [5.74, 6) is -0.379. The second-order valence-electron chi connectivity index (χ2n) is 8.25. The van der Waals surface area contributed by atoms with Gasteiger partial charge < -0.3 is 15.3 Å². The molecule has 33 heavy (non-hydrogen) atoms. The van der Waals surface area contributed by atoms with Crippen molar-refractivity contribution in [3.63, 3.8) is 0 Å². The molecule has 2 aliphatic rings. The summed E-state index contributed by atoms with van der Waals surface area (Å²) in [4.78, 5) is 18.5. The zero-order valence-electron chi connectivity index (χ0n) is 17.2. The van der Waals surface area contributed by atoms with Crippen molar-refractivity contribution < 1.29 is 27.9 Å². The largest absolute Gasteiger partial charge is 0.435 e. The molecule has 2 aromatic rings. The lowest BCUT2D eigenvalue weighted by molar-refractivity contribution is -0.275. The first-order chi connectivity index (χ1) is 15.4. The van der Waals surface area contributed by atoms with E-state index in [1.165, 1.54) is 0 Å². The topological polar surface area (TPSA) is 70.9 Å². The number of alkyl halides is 3. The van der Waals surface area contributed by atoms with Crippen LogP contribution in [-0.4, -0.2) is 35.0 Å². The Morgan fingerprint density at radius 2 is 1.88 bits per heavy atom. The fourth-order valence-electron chi connectivity index (χ4n) is 3.90. The van der Waals surface area contributed by atoms with Crippen molar-refractivity contribution in [3.8, 4) is 0 Å². The van der Waals surface area contributed by atoms with Crippen molar-refractivity contribution in [3.05, 3.63) is 54.1 Å². The van der Waals surface area contributed by atoms with Gasteiger partial charge in [-0.05, 0) is 49.9 Å². The molecule has 5 nitrogen and oxygen atoms in total. The summed E-state index contributed by atoms with van der Waals surface area (Å²) >= 11 is 18.8. The summed E-state index contributed by atoms with van der Waals surface area (Å²) in [6.07, 6.45) is -3.22. The zero-order chi connectivity index (χ0) is 24.2. The molecule has 1 aliphatic heterocycles. The first kappa shape index (κ1) is 24.6. The van der Waals surface area contributed by atoms with E-state index in [0.717, 1.165) is 29.9 Å². The highest BCUT2D eigenvalue weighted by atomic mass is 35.5. The fourth-order valence-corrected chi connectivity index (χ4v) is 5.54. The molecule has 1 unspecified atom stereocenters. The van der Waals surface area contributed by atoms with E-state index in [2.05, 4.69) is 10.5 Å². The molecule has 0 radical (unpaired) electrons. The van der Waals surface area contributed by atoms with E-state index in [9.17, 15) is 23.1 Å². The van der Waals surface area contributed by atoms with E-state index in [1.807, 2.05) is 0 Å². The van der Waals surface area contributed by atoms with Gasteiger partial charge >= 0.3 is 6.18 Å². The Hall–Kier alpha value is -1.52. The number of aryl methyl sites for hydroxylation is 1. The number of hydrogen-bond acceptors (Lipinski definition) is 5. The number of carbonyl (C=O) groups excluding carboxylic acids is 1. The average Bonchev–Trinajstić information content (AvgIpc) is 3.33. The fraction of sp³-hybridized carbons (Fsp3) is 0.429. The van der Waals surface area contributed by atoms with Crippen LogP contribution < -0.4 is 5.32 Å². The van der Waals surface area contributed by atoms with E-state index in [4.69, 9.17) is 39.6 Å². The van der Waals surface area contributed by atoms with E-state index in [0.29, 0.717) is 28.2 Å². The molecular formula is C21H18Cl3F3N2O3S. The SMILES string of the molecule is Cc1cc(C2=NOC(c3cc(Cl)c(Cl)c(Cl)c3)(C(F)(F)F)C2)sc1C(=O)NC1(CO)CCC1. The van der Waals surface area contributed by atoms with Gasteiger partial charge in [-0.1, -0.05) is 40.0 Å². The van der Waals surface area contributed by atoms with Gasteiger partial charge in [0.25, 0.3) is 11.5 Å². The van der Waals surface area contributed by atoms with Crippen LogP contribution in [0, 0.1) is 6.92 Å². The number of rotatable bonds is 5. The van der Waals surface area contributed by atoms with Gasteiger partial charge in [-0.3, -0.25) is 4.79 Å². The van der Waals surface area contributed by atoms with Crippen molar-refractivity contribution >= 4 is 57.8 Å². The molecule has 1 aromatic heterocycles. The van der Waals surface area contributed by atoms with Gasteiger partial charge in [0, 0.05) is 5.56 Å². The van der Waals surface area contributed by atoms with Gasteiger partial charge in [-0.25, -0.2) is 0 Å². The lowest BCUT2D eigenvalue weighted by Gasteiger charge is -2.40. The average molecular weight is 542 g/mol. The van der Waals surface area contributed by atoms with Crippen LogP contribution in [0.4, 0.5) is 13.2 Å². The van der Waals surface area contributed by atoms with Crippen LogP contribution in [0.15, 0.2) is 23.4 Å². The van der Waals surface area contributed by atoms with Crippen LogP contribution in [0.1, 0.15) is 51.4 Å². The van der Waals surface area contributed by atoms with Crippen molar-refractivity contribution in [1.29, 1.82) is 0 Å². The molecular weight excluding hydrogens is 524 g/mol. The summed E-state index contributed by atoms with van der Waals surface area (Å²) in [5, 5.41) is 15.8. The van der Waals surface area contributed by atoms with Crippen LogP contribution in [0.2, 0.25) is 15.1 Å². The van der Waals surface area contributed by atoms with E-state index >= 15 is 0 Å². The Morgan fingerprint density at radius 3 is 2.39 bits per heavy atom. The smallest absolute Gasteiger partial charge is 0.394 e. The molecule has 1 fully saturated rings. The molecule has 0 bridgehead atoms. The van der Waals surface area contributed by atoms with Gasteiger partial charge in [0.1, 0.15) is 5.71 Å². The van der Waals surface area contributed by atoms with Gasteiger partial charge in [0.15, 0.2) is 0 Å². The summed E-state index contributed by atoms with van der Waals surface area (Å²) in [6, 6.07) is 3.73. The van der Waals surface area contributed by atoms with Crippen LogP contribution in [0.3, 0.4) is 0 Å². The number of benzene rings is 1. The van der Waals surface area contributed by atoms with Gasteiger partial charge in [-0.15, -0.1) is 11.3 Å². The third-order valence-electron chi connectivity index (χ3n) is 6.04. The molecule has 4 rings (SSSR count). The maximum Gasteiger partial charge on any atom is 0.435 e. The number of nitrogens with one attached hydrogen (secondary N) is 1. The minimum atomic E-state index is -4.84. The molecule has 1 atom stereocenters. The highest BCUT2D eigenvalue weighted by molar-refractivity contribution is 7.16. The van der Waals surface area contributed by atoms with Crippen molar-refractivity contribution in [2.45, 2.75) is 49.9 Å². The van der Waals surface area contributed by atoms with Crippen LogP contribution in [0.25, 0.3) is 0 Å². The minimum Gasteiger partial charge on any atom is -0.394 e. The predicted octanol–water partition coefficient (Wildman–Crippen LogP) is 6.24. The highest BCUT2D eigenvalue weighted by Crippen LogP contribution is 2.51. The van der Waals surface area contributed by atoms with Crippen molar-refractivity contribution in [2.24, 2.45) is 5.16 Å². The minimum absolute atomic E-state index is 0.0437. The molecule has 2 heterocycles. The molecule has 0 saturated heterocycles. The molecule has 0 spiro atoms. The number of halogens is 6. The molecule has 178 valence electrons. The third-order valence-corrected chi connectivity index (χ3v) is 8.52. The highest BCUT2D eigenvalue weighted by Gasteiger charge is 2.62. The lowest BCUT2D eigenvalue weighted by atomic mass is 9.77. The maximum absolute atomic E-state index is 14.2. The summed E-state index contributed by atoms with van der Waals surface area (Å²) in [6.45, 7) is 1.52. The Bertz CT molecular complexity index is 1120. The predicted molar refractivity (Wildman–Crippen MR) is 122 cm³/mol. The van der Waals surface area contributed by atoms with E-state index in [-0.39, 0.29) is 38.9 Å². The summed E-state index contributed by atoms with van der Waals surface area (Å²) < 4.78 is 42.7. The molecule has 1 saturated carbocycles. The third kappa shape index (κ3) is 4.23. The number of aliphatic hydroxyl groups excluding tert-OH is 1. The number of oxime groups is 1. The molecule has 12 heteroatoms. The van der Waals surface area contributed by atoms with Gasteiger partial charge in [0.05, 0.1) is 43.4 Å². The van der Waals surface area contributed by atoms with Gasteiger partial charge in [-0.2, -0.15) is 13.2 Å².